The number of thiophene rings is 1. The molecule has 2 heterocycles. The number of rotatable bonds is 6. The molecule has 0 saturated heterocycles. The van der Waals surface area contributed by atoms with E-state index in [1.165, 1.54) is 22.1 Å². The molecule has 1 aliphatic rings. The van der Waals surface area contributed by atoms with Gasteiger partial charge in [0, 0.05) is 11.1 Å². The first-order valence-electron chi connectivity index (χ1n) is 8.97. The standard InChI is InChI=1S/C19H23N3O4S/c1-3-26-13-5-4-8-22(19(13)25)10-15(23)21-18-16(17(20)24)12-7-6-11(2)9-14(12)27-18/h4-5,8,11H,3,6-7,9-10H2,1-2H3,(H2,20,24)(H,21,23). The van der Waals surface area contributed by atoms with Gasteiger partial charge in [-0.1, -0.05) is 6.92 Å². The molecule has 0 radical (unpaired) electrons. The normalized spacial score (nSPS) is 15.9. The molecule has 3 N–H and O–H groups in total. The maximum absolute atomic E-state index is 12.5. The van der Waals surface area contributed by atoms with Crippen LogP contribution in [-0.4, -0.2) is 23.0 Å². The molecule has 0 aliphatic heterocycles. The Kier molecular flexibility index (Phi) is 5.65. The first kappa shape index (κ1) is 19.2. The van der Waals surface area contributed by atoms with Gasteiger partial charge in [-0.3, -0.25) is 14.4 Å². The average Bonchev–Trinajstić information content (AvgIpc) is 2.95. The van der Waals surface area contributed by atoms with E-state index in [9.17, 15) is 14.4 Å². The molecule has 144 valence electrons. The third kappa shape index (κ3) is 4.05. The maximum Gasteiger partial charge on any atom is 0.293 e. The minimum Gasteiger partial charge on any atom is -0.488 e. The second-order valence-corrected chi connectivity index (χ2v) is 7.81. The zero-order chi connectivity index (χ0) is 19.6. The molecule has 0 fully saturated rings. The van der Waals surface area contributed by atoms with E-state index in [1.807, 2.05) is 0 Å². The monoisotopic (exact) mass is 389 g/mol. The molecule has 2 aromatic heterocycles. The fourth-order valence-electron chi connectivity index (χ4n) is 3.33. The SMILES string of the molecule is CCOc1cccn(CC(=O)Nc2sc3c(c2C(N)=O)CCC(C)C3)c1=O. The predicted molar refractivity (Wildman–Crippen MR) is 105 cm³/mol. The van der Waals surface area contributed by atoms with Crippen LogP contribution in [0.15, 0.2) is 23.1 Å². The van der Waals surface area contributed by atoms with Crippen LogP contribution >= 0.6 is 11.3 Å². The number of fused-ring (bicyclic) bond motifs is 1. The van der Waals surface area contributed by atoms with Crippen LogP contribution in [-0.2, 0) is 24.2 Å². The molecule has 2 amide bonds. The van der Waals surface area contributed by atoms with Crippen LogP contribution in [0.5, 0.6) is 5.75 Å². The summed E-state index contributed by atoms with van der Waals surface area (Å²) in [6.45, 7) is 4.15. The number of hydrogen-bond acceptors (Lipinski definition) is 5. The maximum atomic E-state index is 12.5. The van der Waals surface area contributed by atoms with E-state index in [-0.39, 0.29) is 23.8 Å². The number of aromatic nitrogens is 1. The highest BCUT2D eigenvalue weighted by atomic mass is 32.1. The van der Waals surface area contributed by atoms with Crippen molar-refractivity contribution >= 4 is 28.2 Å². The lowest BCUT2D eigenvalue weighted by Crippen LogP contribution is -2.28. The Balaban J connectivity index is 1.82. The Bertz CT molecular complexity index is 932. The van der Waals surface area contributed by atoms with Gasteiger partial charge < -0.3 is 20.4 Å². The molecule has 0 bridgehead atoms. The number of nitrogens with zero attached hydrogens (tertiary/aromatic N) is 1. The molecule has 0 aromatic carbocycles. The van der Waals surface area contributed by atoms with Gasteiger partial charge in [0.15, 0.2) is 5.75 Å². The molecule has 7 nitrogen and oxygen atoms in total. The molecule has 1 unspecified atom stereocenters. The molecule has 3 rings (SSSR count). The summed E-state index contributed by atoms with van der Waals surface area (Å²) in [5, 5.41) is 3.24. The van der Waals surface area contributed by atoms with Crippen molar-refractivity contribution in [1.29, 1.82) is 0 Å². The lowest BCUT2D eigenvalue weighted by Gasteiger charge is -2.18. The average molecular weight is 389 g/mol. The molecular weight excluding hydrogens is 366 g/mol. The number of nitrogens with two attached hydrogens (primary N) is 1. The Hall–Kier alpha value is -2.61. The van der Waals surface area contributed by atoms with E-state index in [0.717, 1.165) is 29.7 Å². The van der Waals surface area contributed by atoms with E-state index >= 15 is 0 Å². The molecule has 1 aliphatic carbocycles. The molecule has 1 atom stereocenters. The van der Waals surface area contributed by atoms with Crippen molar-refractivity contribution in [3.8, 4) is 5.75 Å². The quantitative estimate of drug-likeness (QED) is 0.790. The number of nitrogens with one attached hydrogen (secondary N) is 1. The van der Waals surface area contributed by atoms with E-state index in [1.54, 1.807) is 19.1 Å². The van der Waals surface area contributed by atoms with Crippen molar-refractivity contribution in [1.82, 2.24) is 4.57 Å². The van der Waals surface area contributed by atoms with Gasteiger partial charge in [0.25, 0.3) is 11.5 Å². The first-order chi connectivity index (χ1) is 12.9. The summed E-state index contributed by atoms with van der Waals surface area (Å²) in [7, 11) is 0. The van der Waals surface area contributed by atoms with Crippen molar-refractivity contribution in [3.63, 3.8) is 0 Å². The summed E-state index contributed by atoms with van der Waals surface area (Å²) in [4.78, 5) is 37.9. The van der Waals surface area contributed by atoms with Gasteiger partial charge in [-0.05, 0) is 49.8 Å². The number of ether oxygens (including phenoxy) is 1. The van der Waals surface area contributed by atoms with Gasteiger partial charge in [-0.25, -0.2) is 0 Å². The Morgan fingerprint density at radius 1 is 1.44 bits per heavy atom. The number of primary amides is 1. The lowest BCUT2D eigenvalue weighted by atomic mass is 9.88. The van der Waals surface area contributed by atoms with Crippen LogP contribution in [0.3, 0.4) is 0 Å². The van der Waals surface area contributed by atoms with Gasteiger partial charge in [0.1, 0.15) is 11.5 Å². The van der Waals surface area contributed by atoms with E-state index in [4.69, 9.17) is 10.5 Å². The van der Waals surface area contributed by atoms with Crippen LogP contribution < -0.4 is 21.3 Å². The number of carbonyl (C=O) groups is 2. The number of hydrogen-bond donors (Lipinski definition) is 2. The molecule has 0 spiro atoms. The van der Waals surface area contributed by atoms with Crippen molar-refractivity contribution in [2.45, 2.75) is 39.7 Å². The predicted octanol–water partition coefficient (Wildman–Crippen LogP) is 2.17. The topological polar surface area (TPSA) is 103 Å². The smallest absolute Gasteiger partial charge is 0.293 e. The van der Waals surface area contributed by atoms with Crippen molar-refractivity contribution < 1.29 is 14.3 Å². The molecule has 0 saturated carbocycles. The lowest BCUT2D eigenvalue weighted by molar-refractivity contribution is -0.116. The third-order valence-electron chi connectivity index (χ3n) is 4.61. The first-order valence-corrected chi connectivity index (χ1v) is 9.78. The van der Waals surface area contributed by atoms with Crippen LogP contribution in [0.4, 0.5) is 5.00 Å². The largest absolute Gasteiger partial charge is 0.488 e. The fourth-order valence-corrected chi connectivity index (χ4v) is 4.76. The highest BCUT2D eigenvalue weighted by molar-refractivity contribution is 7.17. The van der Waals surface area contributed by atoms with E-state index in [0.29, 0.717) is 23.1 Å². The van der Waals surface area contributed by atoms with Gasteiger partial charge in [0.05, 0.1) is 12.2 Å². The van der Waals surface area contributed by atoms with Gasteiger partial charge >= 0.3 is 0 Å². The van der Waals surface area contributed by atoms with Gasteiger partial charge in [-0.2, -0.15) is 0 Å². The third-order valence-corrected chi connectivity index (χ3v) is 5.78. The van der Waals surface area contributed by atoms with E-state index in [2.05, 4.69) is 12.2 Å². The van der Waals surface area contributed by atoms with Crippen molar-refractivity contribution in [3.05, 3.63) is 44.7 Å². The summed E-state index contributed by atoms with van der Waals surface area (Å²) in [6.07, 6.45) is 4.20. The fraction of sp³-hybridized carbons (Fsp3) is 0.421. The number of anilines is 1. The number of pyridine rings is 1. The Morgan fingerprint density at radius 3 is 2.93 bits per heavy atom. The van der Waals surface area contributed by atoms with Crippen LogP contribution in [0, 0.1) is 5.92 Å². The summed E-state index contributed by atoms with van der Waals surface area (Å²) >= 11 is 1.40. The van der Waals surface area contributed by atoms with Crippen molar-refractivity contribution in [2.24, 2.45) is 11.7 Å². The minimum absolute atomic E-state index is 0.170. The van der Waals surface area contributed by atoms with Crippen LogP contribution in [0.1, 0.15) is 41.1 Å². The van der Waals surface area contributed by atoms with Crippen LogP contribution in [0.25, 0.3) is 0 Å². The zero-order valence-corrected chi connectivity index (χ0v) is 16.2. The molecule has 2 aromatic rings. The van der Waals surface area contributed by atoms with Gasteiger partial charge in [0.2, 0.25) is 5.91 Å². The molecule has 27 heavy (non-hydrogen) atoms. The Morgan fingerprint density at radius 2 is 2.22 bits per heavy atom. The highest BCUT2D eigenvalue weighted by Gasteiger charge is 2.27. The van der Waals surface area contributed by atoms with Gasteiger partial charge in [-0.15, -0.1) is 11.3 Å². The molecular formula is C19H23N3O4S. The molecule has 8 heteroatoms. The second kappa shape index (κ2) is 7.96. The van der Waals surface area contributed by atoms with Crippen LogP contribution in [0.2, 0.25) is 0 Å². The summed E-state index contributed by atoms with van der Waals surface area (Å²) in [6, 6.07) is 3.22. The summed E-state index contributed by atoms with van der Waals surface area (Å²) in [5.74, 6) is -0.181. The highest BCUT2D eigenvalue weighted by Crippen LogP contribution is 2.39. The number of amides is 2. The van der Waals surface area contributed by atoms with Crippen molar-refractivity contribution in [2.75, 3.05) is 11.9 Å². The van der Waals surface area contributed by atoms with E-state index < -0.39 is 5.91 Å². The second-order valence-electron chi connectivity index (χ2n) is 6.71. The Labute approximate surface area is 161 Å². The number of carbonyl (C=O) groups excluding carboxylic acids is 2. The summed E-state index contributed by atoms with van der Waals surface area (Å²) in [5.41, 5.74) is 6.56. The summed E-state index contributed by atoms with van der Waals surface area (Å²) < 4.78 is 6.55. The zero-order valence-electron chi connectivity index (χ0n) is 15.4. The minimum atomic E-state index is -0.534.